The molecule has 0 aromatic heterocycles. The lowest BCUT2D eigenvalue weighted by Crippen LogP contribution is -2.52. The number of piperazine rings is 1. The van der Waals surface area contributed by atoms with Crippen molar-refractivity contribution < 1.29 is 9.53 Å². The Bertz CT molecular complexity index is 489. The van der Waals surface area contributed by atoms with Crippen molar-refractivity contribution in [2.24, 2.45) is 0 Å². The first-order valence-electron chi connectivity index (χ1n) is 7.96. The van der Waals surface area contributed by atoms with Gasteiger partial charge in [-0.25, -0.2) is 0 Å². The highest BCUT2D eigenvalue weighted by atomic mass is 16.5. The Morgan fingerprint density at radius 3 is 2.67 bits per heavy atom. The lowest BCUT2D eigenvalue weighted by atomic mass is 10.1. The molecule has 2 aliphatic heterocycles. The first-order chi connectivity index (χ1) is 10.2. The fraction of sp³-hybridized carbons (Fsp3) is 0.588. The number of hydrogen-bond acceptors (Lipinski definition) is 3. The van der Waals surface area contributed by atoms with E-state index in [-0.39, 0.29) is 12.0 Å². The van der Waals surface area contributed by atoms with Crippen LogP contribution in [0.1, 0.15) is 24.8 Å². The van der Waals surface area contributed by atoms with E-state index in [1.165, 1.54) is 11.3 Å². The molecule has 1 aromatic carbocycles. The van der Waals surface area contributed by atoms with Crippen LogP contribution in [-0.4, -0.2) is 49.7 Å². The van der Waals surface area contributed by atoms with E-state index in [0.717, 1.165) is 52.0 Å². The number of benzene rings is 1. The standard InChI is InChI=1S/C17H24N2O2/c1-14-5-4-6-15(13-14)18-8-10-19(11-9-18)17(20)16-7-2-3-12-21-16/h4-6,13,16H,2-3,7-12H2,1H3. The molecule has 2 saturated heterocycles. The van der Waals surface area contributed by atoms with E-state index in [4.69, 9.17) is 4.74 Å². The van der Waals surface area contributed by atoms with Gasteiger partial charge in [0, 0.05) is 38.5 Å². The Balaban J connectivity index is 1.56. The molecule has 3 rings (SSSR count). The molecule has 21 heavy (non-hydrogen) atoms. The normalized spacial score (nSPS) is 23.2. The minimum absolute atomic E-state index is 0.190. The zero-order valence-electron chi connectivity index (χ0n) is 12.8. The van der Waals surface area contributed by atoms with Gasteiger partial charge in [0.05, 0.1) is 0 Å². The monoisotopic (exact) mass is 288 g/mol. The molecule has 1 unspecified atom stereocenters. The number of nitrogens with zero attached hydrogens (tertiary/aromatic N) is 2. The largest absolute Gasteiger partial charge is 0.368 e. The smallest absolute Gasteiger partial charge is 0.251 e. The maximum Gasteiger partial charge on any atom is 0.251 e. The zero-order valence-corrected chi connectivity index (χ0v) is 12.8. The van der Waals surface area contributed by atoms with Gasteiger partial charge in [0.2, 0.25) is 0 Å². The zero-order chi connectivity index (χ0) is 14.7. The third kappa shape index (κ3) is 3.38. The van der Waals surface area contributed by atoms with E-state index in [1.807, 2.05) is 4.90 Å². The van der Waals surface area contributed by atoms with E-state index in [2.05, 4.69) is 36.1 Å². The molecule has 0 N–H and O–H groups in total. The van der Waals surface area contributed by atoms with Gasteiger partial charge in [-0.05, 0) is 43.9 Å². The molecular formula is C17H24N2O2. The number of amides is 1. The molecule has 2 aliphatic rings. The Labute approximate surface area is 126 Å². The van der Waals surface area contributed by atoms with Crippen LogP contribution in [0, 0.1) is 6.92 Å². The average molecular weight is 288 g/mol. The van der Waals surface area contributed by atoms with Crippen molar-refractivity contribution in [2.45, 2.75) is 32.3 Å². The number of ether oxygens (including phenoxy) is 1. The number of anilines is 1. The van der Waals surface area contributed by atoms with Crippen LogP contribution in [0.5, 0.6) is 0 Å². The van der Waals surface area contributed by atoms with Crippen LogP contribution in [0.4, 0.5) is 5.69 Å². The summed E-state index contributed by atoms with van der Waals surface area (Å²) in [5, 5.41) is 0. The molecular weight excluding hydrogens is 264 g/mol. The molecule has 0 bridgehead atoms. The number of hydrogen-bond donors (Lipinski definition) is 0. The topological polar surface area (TPSA) is 32.8 Å². The molecule has 1 amide bonds. The van der Waals surface area contributed by atoms with E-state index in [0.29, 0.717) is 0 Å². The van der Waals surface area contributed by atoms with Gasteiger partial charge < -0.3 is 14.5 Å². The molecule has 0 spiro atoms. The molecule has 0 saturated carbocycles. The van der Waals surface area contributed by atoms with Crippen LogP contribution in [0.2, 0.25) is 0 Å². The van der Waals surface area contributed by atoms with Crippen LogP contribution in [-0.2, 0) is 9.53 Å². The van der Waals surface area contributed by atoms with Crippen molar-refractivity contribution in [1.29, 1.82) is 0 Å². The lowest BCUT2D eigenvalue weighted by molar-refractivity contribution is -0.146. The maximum atomic E-state index is 12.4. The van der Waals surface area contributed by atoms with Gasteiger partial charge >= 0.3 is 0 Å². The lowest BCUT2D eigenvalue weighted by Gasteiger charge is -2.38. The highest BCUT2D eigenvalue weighted by Crippen LogP contribution is 2.20. The Hall–Kier alpha value is -1.55. The van der Waals surface area contributed by atoms with Crippen LogP contribution < -0.4 is 4.90 Å². The minimum atomic E-state index is -0.190. The molecule has 1 aromatic rings. The van der Waals surface area contributed by atoms with Crippen molar-refractivity contribution in [3.63, 3.8) is 0 Å². The summed E-state index contributed by atoms with van der Waals surface area (Å²) in [6.07, 6.45) is 2.89. The summed E-state index contributed by atoms with van der Waals surface area (Å²) >= 11 is 0. The van der Waals surface area contributed by atoms with Crippen LogP contribution in [0.25, 0.3) is 0 Å². The second kappa shape index (κ2) is 6.48. The highest BCUT2D eigenvalue weighted by Gasteiger charge is 2.29. The van der Waals surface area contributed by atoms with E-state index < -0.39 is 0 Å². The van der Waals surface area contributed by atoms with Crippen LogP contribution in [0.3, 0.4) is 0 Å². The fourth-order valence-electron chi connectivity index (χ4n) is 3.15. The second-order valence-electron chi connectivity index (χ2n) is 6.01. The predicted octanol–water partition coefficient (Wildman–Crippen LogP) is 2.21. The molecule has 2 heterocycles. The number of carbonyl (C=O) groups excluding carboxylic acids is 1. The Kier molecular flexibility index (Phi) is 4.44. The molecule has 4 nitrogen and oxygen atoms in total. The second-order valence-corrected chi connectivity index (χ2v) is 6.01. The summed E-state index contributed by atoms with van der Waals surface area (Å²) in [5.74, 6) is 0.193. The van der Waals surface area contributed by atoms with Crippen molar-refractivity contribution in [3.8, 4) is 0 Å². The van der Waals surface area contributed by atoms with Gasteiger partial charge in [0.25, 0.3) is 5.91 Å². The Morgan fingerprint density at radius 2 is 2.00 bits per heavy atom. The summed E-state index contributed by atoms with van der Waals surface area (Å²) in [4.78, 5) is 16.8. The number of rotatable bonds is 2. The van der Waals surface area contributed by atoms with Gasteiger partial charge in [0.1, 0.15) is 6.10 Å². The summed E-state index contributed by atoms with van der Waals surface area (Å²) in [5.41, 5.74) is 2.54. The van der Waals surface area contributed by atoms with E-state index in [9.17, 15) is 4.79 Å². The first-order valence-corrected chi connectivity index (χ1v) is 7.96. The third-order valence-electron chi connectivity index (χ3n) is 4.41. The van der Waals surface area contributed by atoms with E-state index >= 15 is 0 Å². The van der Waals surface area contributed by atoms with Crippen LogP contribution >= 0.6 is 0 Å². The quantitative estimate of drug-likeness (QED) is 0.836. The average Bonchev–Trinajstić information content (AvgIpc) is 2.55. The fourth-order valence-corrected chi connectivity index (χ4v) is 3.15. The van der Waals surface area contributed by atoms with Gasteiger partial charge in [-0.3, -0.25) is 4.79 Å². The van der Waals surface area contributed by atoms with Crippen molar-refractivity contribution in [2.75, 3.05) is 37.7 Å². The molecule has 4 heteroatoms. The molecule has 114 valence electrons. The van der Waals surface area contributed by atoms with Gasteiger partial charge in [-0.2, -0.15) is 0 Å². The summed E-state index contributed by atoms with van der Waals surface area (Å²) < 4.78 is 5.62. The van der Waals surface area contributed by atoms with Crippen LogP contribution in [0.15, 0.2) is 24.3 Å². The summed E-state index contributed by atoms with van der Waals surface area (Å²) in [6, 6.07) is 8.57. The number of aryl methyl sites for hydroxylation is 1. The maximum absolute atomic E-state index is 12.4. The minimum Gasteiger partial charge on any atom is -0.368 e. The molecule has 2 fully saturated rings. The molecule has 1 atom stereocenters. The van der Waals surface area contributed by atoms with Crippen molar-refractivity contribution >= 4 is 11.6 Å². The van der Waals surface area contributed by atoms with E-state index in [1.54, 1.807) is 0 Å². The third-order valence-corrected chi connectivity index (χ3v) is 4.41. The Morgan fingerprint density at radius 1 is 1.19 bits per heavy atom. The number of carbonyl (C=O) groups is 1. The SMILES string of the molecule is Cc1cccc(N2CCN(C(=O)C3CCCCO3)CC2)c1. The molecule has 0 radical (unpaired) electrons. The predicted molar refractivity (Wildman–Crippen MR) is 83.6 cm³/mol. The highest BCUT2D eigenvalue weighted by molar-refractivity contribution is 5.81. The summed E-state index contributed by atoms with van der Waals surface area (Å²) in [6.45, 7) is 6.26. The van der Waals surface area contributed by atoms with Gasteiger partial charge in [-0.15, -0.1) is 0 Å². The van der Waals surface area contributed by atoms with Crippen molar-refractivity contribution in [1.82, 2.24) is 4.90 Å². The van der Waals surface area contributed by atoms with Gasteiger partial charge in [0.15, 0.2) is 0 Å². The van der Waals surface area contributed by atoms with Gasteiger partial charge in [-0.1, -0.05) is 12.1 Å². The van der Waals surface area contributed by atoms with Crippen molar-refractivity contribution in [3.05, 3.63) is 29.8 Å². The summed E-state index contributed by atoms with van der Waals surface area (Å²) in [7, 11) is 0. The molecule has 0 aliphatic carbocycles. The first kappa shape index (κ1) is 14.4.